The van der Waals surface area contributed by atoms with Crippen LogP contribution in [0.15, 0.2) is 24.3 Å². The summed E-state index contributed by atoms with van der Waals surface area (Å²) in [6.07, 6.45) is 0. The normalized spacial score (nSPS) is 14.5. The predicted octanol–water partition coefficient (Wildman–Crippen LogP) is 2.13. The molecule has 1 aromatic carbocycles. The molecule has 2 N–H and O–H groups in total. The van der Waals surface area contributed by atoms with Gasteiger partial charge in [0.25, 0.3) is 5.91 Å². The number of carbonyl (C=O) groups excluding carboxylic acids is 1. The van der Waals surface area contributed by atoms with E-state index in [1.165, 1.54) is 0 Å². The van der Waals surface area contributed by atoms with Crippen LogP contribution in [0.3, 0.4) is 0 Å². The number of amides is 1. The van der Waals surface area contributed by atoms with E-state index in [0.717, 1.165) is 5.56 Å². The zero-order valence-corrected chi connectivity index (χ0v) is 10.9. The molecule has 1 unspecified atom stereocenters. The molecule has 0 aromatic heterocycles. The third-order valence-corrected chi connectivity index (χ3v) is 3.24. The molecule has 1 atom stereocenters. The van der Waals surface area contributed by atoms with Crippen LogP contribution in [0.5, 0.6) is 0 Å². The highest BCUT2D eigenvalue weighted by Gasteiger charge is 2.25. The maximum atomic E-state index is 11.9. The molecule has 1 amide bonds. The highest BCUT2D eigenvalue weighted by Crippen LogP contribution is 2.15. The Morgan fingerprint density at radius 2 is 2.00 bits per heavy atom. The lowest BCUT2D eigenvalue weighted by Crippen LogP contribution is -2.44. The molecular formula is C14H21NO2. The molecular weight excluding hydrogens is 214 g/mol. The Kier molecular flexibility index (Phi) is 4.29. The van der Waals surface area contributed by atoms with Crippen molar-refractivity contribution in [2.45, 2.75) is 33.3 Å². The fourth-order valence-corrected chi connectivity index (χ4v) is 1.39. The Balaban J connectivity index is 2.66. The first-order valence-corrected chi connectivity index (χ1v) is 5.91. The molecule has 1 aromatic rings. The minimum Gasteiger partial charge on any atom is -0.388 e. The van der Waals surface area contributed by atoms with Gasteiger partial charge in [-0.2, -0.15) is 0 Å². The molecule has 17 heavy (non-hydrogen) atoms. The Morgan fingerprint density at radius 1 is 1.41 bits per heavy atom. The zero-order chi connectivity index (χ0) is 13.1. The number of benzene rings is 1. The summed E-state index contributed by atoms with van der Waals surface area (Å²) < 4.78 is 0. The quantitative estimate of drug-likeness (QED) is 0.840. The molecule has 0 spiro atoms. The number of hydrogen-bond donors (Lipinski definition) is 2. The predicted molar refractivity (Wildman–Crippen MR) is 69.0 cm³/mol. The van der Waals surface area contributed by atoms with Gasteiger partial charge in [0, 0.05) is 12.1 Å². The molecule has 0 saturated carbocycles. The third kappa shape index (κ3) is 3.56. The van der Waals surface area contributed by atoms with E-state index in [1.54, 1.807) is 13.0 Å². The Labute approximate surface area is 103 Å². The molecule has 0 fully saturated rings. The van der Waals surface area contributed by atoms with Crippen molar-refractivity contribution in [1.29, 1.82) is 0 Å². The van der Waals surface area contributed by atoms with Crippen LogP contribution in [-0.2, 0) is 0 Å². The van der Waals surface area contributed by atoms with Gasteiger partial charge >= 0.3 is 0 Å². The van der Waals surface area contributed by atoms with E-state index in [1.807, 2.05) is 39.0 Å². The van der Waals surface area contributed by atoms with Gasteiger partial charge in [0.15, 0.2) is 0 Å². The molecule has 94 valence electrons. The first kappa shape index (κ1) is 13.7. The molecule has 0 radical (unpaired) electrons. The van der Waals surface area contributed by atoms with Gasteiger partial charge in [-0.25, -0.2) is 0 Å². The van der Waals surface area contributed by atoms with Gasteiger partial charge in [-0.15, -0.1) is 0 Å². The summed E-state index contributed by atoms with van der Waals surface area (Å²) >= 11 is 0. The van der Waals surface area contributed by atoms with E-state index in [9.17, 15) is 9.90 Å². The SMILES string of the molecule is Cc1ccccc1C(=O)NCC(C)(O)C(C)C. The van der Waals surface area contributed by atoms with Crippen molar-refractivity contribution >= 4 is 5.91 Å². The fourth-order valence-electron chi connectivity index (χ4n) is 1.39. The first-order chi connectivity index (χ1) is 7.84. The number of rotatable bonds is 4. The van der Waals surface area contributed by atoms with Crippen molar-refractivity contribution in [2.75, 3.05) is 6.54 Å². The van der Waals surface area contributed by atoms with Crippen molar-refractivity contribution < 1.29 is 9.90 Å². The lowest BCUT2D eigenvalue weighted by atomic mass is 9.92. The number of hydrogen-bond acceptors (Lipinski definition) is 2. The Hall–Kier alpha value is -1.35. The molecule has 0 aliphatic rings. The summed E-state index contributed by atoms with van der Waals surface area (Å²) in [5.74, 6) is -0.0382. The van der Waals surface area contributed by atoms with Crippen LogP contribution in [0.4, 0.5) is 0 Å². The molecule has 1 rings (SSSR count). The summed E-state index contributed by atoms with van der Waals surface area (Å²) in [5.41, 5.74) is 0.722. The van der Waals surface area contributed by atoms with Crippen molar-refractivity contribution in [2.24, 2.45) is 5.92 Å². The van der Waals surface area contributed by atoms with Crippen molar-refractivity contribution in [3.8, 4) is 0 Å². The fraction of sp³-hybridized carbons (Fsp3) is 0.500. The molecule has 3 heteroatoms. The van der Waals surface area contributed by atoms with Crippen molar-refractivity contribution in [1.82, 2.24) is 5.32 Å². The van der Waals surface area contributed by atoms with Gasteiger partial charge in [-0.05, 0) is 31.4 Å². The average Bonchev–Trinajstić information content (AvgIpc) is 2.26. The van der Waals surface area contributed by atoms with Crippen LogP contribution in [0.2, 0.25) is 0 Å². The second-order valence-corrected chi connectivity index (χ2v) is 5.01. The summed E-state index contributed by atoms with van der Waals surface area (Å²) in [7, 11) is 0. The monoisotopic (exact) mass is 235 g/mol. The van der Waals surface area contributed by atoms with Crippen molar-refractivity contribution in [3.63, 3.8) is 0 Å². The van der Waals surface area contributed by atoms with E-state index >= 15 is 0 Å². The Bertz CT molecular complexity index is 397. The molecule has 0 saturated heterocycles. The van der Waals surface area contributed by atoms with Crippen LogP contribution < -0.4 is 5.32 Å². The number of carbonyl (C=O) groups is 1. The van der Waals surface area contributed by atoms with E-state index in [-0.39, 0.29) is 18.4 Å². The van der Waals surface area contributed by atoms with E-state index < -0.39 is 5.60 Å². The highest BCUT2D eigenvalue weighted by atomic mass is 16.3. The van der Waals surface area contributed by atoms with Gasteiger partial charge in [0.2, 0.25) is 0 Å². The number of nitrogens with one attached hydrogen (secondary N) is 1. The minimum absolute atomic E-state index is 0.0969. The maximum Gasteiger partial charge on any atom is 0.251 e. The summed E-state index contributed by atoms with van der Waals surface area (Å²) in [6, 6.07) is 7.42. The van der Waals surface area contributed by atoms with Gasteiger partial charge in [-0.3, -0.25) is 4.79 Å². The Morgan fingerprint density at radius 3 is 2.53 bits per heavy atom. The zero-order valence-electron chi connectivity index (χ0n) is 10.9. The second-order valence-electron chi connectivity index (χ2n) is 5.01. The standard InChI is InChI=1S/C14H21NO2/c1-10(2)14(4,17)9-15-13(16)12-8-6-5-7-11(12)3/h5-8,10,17H,9H2,1-4H3,(H,15,16). The average molecular weight is 235 g/mol. The van der Waals surface area contributed by atoms with E-state index in [4.69, 9.17) is 0 Å². The van der Waals surface area contributed by atoms with E-state index in [0.29, 0.717) is 5.56 Å². The minimum atomic E-state index is -0.877. The maximum absolute atomic E-state index is 11.9. The van der Waals surface area contributed by atoms with Crippen LogP contribution in [0.25, 0.3) is 0 Å². The lowest BCUT2D eigenvalue weighted by molar-refractivity contribution is 0.0142. The number of aliphatic hydroxyl groups is 1. The van der Waals surface area contributed by atoms with Gasteiger partial charge in [-0.1, -0.05) is 32.0 Å². The smallest absolute Gasteiger partial charge is 0.251 e. The van der Waals surface area contributed by atoms with Crippen LogP contribution in [0, 0.1) is 12.8 Å². The van der Waals surface area contributed by atoms with Crippen LogP contribution >= 0.6 is 0 Å². The van der Waals surface area contributed by atoms with Crippen molar-refractivity contribution in [3.05, 3.63) is 35.4 Å². The largest absolute Gasteiger partial charge is 0.388 e. The molecule has 0 bridgehead atoms. The molecule has 3 nitrogen and oxygen atoms in total. The van der Waals surface area contributed by atoms with Crippen LogP contribution in [-0.4, -0.2) is 23.2 Å². The molecule has 0 aliphatic carbocycles. The van der Waals surface area contributed by atoms with Gasteiger partial charge in [0.1, 0.15) is 0 Å². The van der Waals surface area contributed by atoms with E-state index in [2.05, 4.69) is 5.32 Å². The molecule has 0 aliphatic heterocycles. The summed E-state index contributed by atoms with van der Waals surface area (Å²) in [6.45, 7) is 7.75. The topological polar surface area (TPSA) is 49.3 Å². The summed E-state index contributed by atoms with van der Waals surface area (Å²) in [4.78, 5) is 11.9. The molecule has 0 heterocycles. The lowest BCUT2D eigenvalue weighted by Gasteiger charge is -2.27. The third-order valence-electron chi connectivity index (χ3n) is 3.24. The summed E-state index contributed by atoms with van der Waals surface area (Å²) in [5, 5.41) is 12.8. The van der Waals surface area contributed by atoms with Crippen LogP contribution in [0.1, 0.15) is 36.7 Å². The highest BCUT2D eigenvalue weighted by molar-refractivity contribution is 5.95. The second kappa shape index (κ2) is 5.32. The van der Waals surface area contributed by atoms with Gasteiger partial charge < -0.3 is 10.4 Å². The first-order valence-electron chi connectivity index (χ1n) is 5.91. The number of aryl methyl sites for hydroxylation is 1. The van der Waals surface area contributed by atoms with Gasteiger partial charge in [0.05, 0.1) is 5.60 Å².